The number of nitrogens with zero attached hydrogens (tertiary/aromatic N) is 4. The van der Waals surface area contributed by atoms with E-state index >= 15 is 4.39 Å². The van der Waals surface area contributed by atoms with E-state index in [2.05, 4.69) is 26.6 Å². The lowest BCUT2D eigenvalue weighted by molar-refractivity contribution is 0.0929. The number of hydrogen-bond donors (Lipinski definition) is 2. The summed E-state index contributed by atoms with van der Waals surface area (Å²) in [6, 6.07) is 13.2. The summed E-state index contributed by atoms with van der Waals surface area (Å²) in [6.07, 6.45) is 2.62. The SMILES string of the molecule is CN(C)Cc1nc(Nc2ccc(-c3cnc4ccc5occc5n34)c3c2C(=O)N[C@@H]3F)ccc1[C@H]1CCOC1. The second-order valence-corrected chi connectivity index (χ2v) is 10.3. The molecule has 0 unspecified atom stereocenters. The predicted molar refractivity (Wildman–Crippen MR) is 145 cm³/mol. The van der Waals surface area contributed by atoms with Gasteiger partial charge in [0.2, 0.25) is 0 Å². The van der Waals surface area contributed by atoms with E-state index in [0.29, 0.717) is 53.1 Å². The Kier molecular flexibility index (Phi) is 5.60. The zero-order valence-corrected chi connectivity index (χ0v) is 21.6. The Labute approximate surface area is 223 Å². The van der Waals surface area contributed by atoms with Gasteiger partial charge < -0.3 is 24.7 Å². The highest BCUT2D eigenvalue weighted by Crippen LogP contribution is 2.41. The van der Waals surface area contributed by atoms with Crippen molar-refractivity contribution in [2.24, 2.45) is 0 Å². The highest BCUT2D eigenvalue weighted by atomic mass is 19.1. The van der Waals surface area contributed by atoms with E-state index in [4.69, 9.17) is 14.1 Å². The molecule has 2 N–H and O–H groups in total. The van der Waals surface area contributed by atoms with Crippen molar-refractivity contribution in [3.63, 3.8) is 0 Å². The molecule has 1 fully saturated rings. The maximum atomic E-state index is 15.4. The Bertz CT molecular complexity index is 1740. The van der Waals surface area contributed by atoms with Crippen molar-refractivity contribution >= 4 is 34.2 Å². The minimum absolute atomic E-state index is 0.263. The van der Waals surface area contributed by atoms with Gasteiger partial charge in [0.15, 0.2) is 11.9 Å². The maximum absolute atomic E-state index is 15.4. The first-order valence-corrected chi connectivity index (χ1v) is 12.9. The molecule has 1 amide bonds. The quantitative estimate of drug-likeness (QED) is 0.295. The molecule has 2 aliphatic heterocycles. The fraction of sp³-hybridized carbons (Fsp3) is 0.276. The maximum Gasteiger partial charge on any atom is 0.256 e. The van der Waals surface area contributed by atoms with Gasteiger partial charge in [0.05, 0.1) is 47.2 Å². The van der Waals surface area contributed by atoms with Crippen LogP contribution in [0, 0.1) is 0 Å². The van der Waals surface area contributed by atoms with Crippen molar-refractivity contribution in [2.45, 2.75) is 25.2 Å². The number of ether oxygens (including phenoxy) is 1. The van der Waals surface area contributed by atoms with Crippen molar-refractivity contribution in [1.29, 1.82) is 0 Å². The van der Waals surface area contributed by atoms with E-state index in [1.54, 1.807) is 18.5 Å². The number of alkyl halides is 1. The number of carbonyl (C=O) groups excluding carboxylic acids is 1. The zero-order valence-electron chi connectivity index (χ0n) is 21.6. The van der Waals surface area contributed by atoms with Gasteiger partial charge in [-0.3, -0.25) is 9.20 Å². The molecule has 39 heavy (non-hydrogen) atoms. The number of aromatic nitrogens is 3. The van der Waals surface area contributed by atoms with Gasteiger partial charge in [-0.25, -0.2) is 14.4 Å². The molecule has 0 saturated carbocycles. The summed E-state index contributed by atoms with van der Waals surface area (Å²) < 4.78 is 28.5. The van der Waals surface area contributed by atoms with Crippen LogP contribution in [0.5, 0.6) is 0 Å². The van der Waals surface area contributed by atoms with Crippen molar-refractivity contribution in [3.8, 4) is 11.3 Å². The molecule has 2 aliphatic rings. The van der Waals surface area contributed by atoms with Crippen LogP contribution in [0.2, 0.25) is 0 Å². The smallest absolute Gasteiger partial charge is 0.256 e. The molecule has 0 aliphatic carbocycles. The van der Waals surface area contributed by atoms with E-state index in [1.165, 1.54) is 5.56 Å². The molecule has 7 rings (SSSR count). The summed E-state index contributed by atoms with van der Waals surface area (Å²) in [6.45, 7) is 2.11. The molecule has 0 bridgehead atoms. The van der Waals surface area contributed by atoms with E-state index in [0.717, 1.165) is 24.2 Å². The van der Waals surface area contributed by atoms with Crippen LogP contribution in [-0.4, -0.2) is 52.5 Å². The van der Waals surface area contributed by atoms with Gasteiger partial charge in [0.25, 0.3) is 5.91 Å². The minimum atomic E-state index is -1.65. The van der Waals surface area contributed by atoms with E-state index < -0.39 is 12.2 Å². The van der Waals surface area contributed by atoms with Crippen LogP contribution < -0.4 is 10.6 Å². The first-order chi connectivity index (χ1) is 19.0. The van der Waals surface area contributed by atoms with Gasteiger partial charge in [-0.15, -0.1) is 0 Å². The second kappa shape index (κ2) is 9.18. The van der Waals surface area contributed by atoms with Crippen molar-refractivity contribution in [3.05, 3.63) is 77.3 Å². The van der Waals surface area contributed by atoms with Gasteiger partial charge in [0, 0.05) is 36.3 Å². The predicted octanol–water partition coefficient (Wildman–Crippen LogP) is 5.16. The monoisotopic (exact) mass is 526 g/mol. The number of furan rings is 1. The molecule has 0 radical (unpaired) electrons. The molecule has 9 nitrogen and oxygen atoms in total. The first-order valence-electron chi connectivity index (χ1n) is 12.9. The topological polar surface area (TPSA) is 96.9 Å². The van der Waals surface area contributed by atoms with Gasteiger partial charge in [-0.2, -0.15) is 0 Å². The second-order valence-electron chi connectivity index (χ2n) is 10.3. The largest absolute Gasteiger partial charge is 0.463 e. The average molecular weight is 527 g/mol. The molecule has 1 aromatic carbocycles. The summed E-state index contributed by atoms with van der Waals surface area (Å²) in [5.41, 5.74) is 6.63. The van der Waals surface area contributed by atoms with Crippen LogP contribution in [0.3, 0.4) is 0 Å². The lowest BCUT2D eigenvalue weighted by Crippen LogP contribution is -2.17. The van der Waals surface area contributed by atoms with Crippen LogP contribution >= 0.6 is 0 Å². The van der Waals surface area contributed by atoms with Crippen molar-refractivity contribution in [2.75, 3.05) is 32.6 Å². The molecule has 0 spiro atoms. The number of fused-ring (bicyclic) bond motifs is 4. The minimum Gasteiger partial charge on any atom is -0.463 e. The van der Waals surface area contributed by atoms with Gasteiger partial charge in [0.1, 0.15) is 11.5 Å². The molecule has 1 saturated heterocycles. The van der Waals surface area contributed by atoms with E-state index in [9.17, 15) is 4.79 Å². The Hall–Kier alpha value is -4.28. The third-order valence-corrected chi connectivity index (χ3v) is 7.45. The fourth-order valence-corrected chi connectivity index (χ4v) is 5.71. The lowest BCUT2D eigenvalue weighted by atomic mass is 9.96. The number of hydrogen-bond acceptors (Lipinski definition) is 7. The fourth-order valence-electron chi connectivity index (χ4n) is 5.71. The van der Waals surface area contributed by atoms with Crippen LogP contribution in [0.15, 0.2) is 59.3 Å². The van der Waals surface area contributed by atoms with Crippen LogP contribution in [0.25, 0.3) is 28.0 Å². The molecule has 5 aromatic rings. The lowest BCUT2D eigenvalue weighted by Gasteiger charge is -2.19. The Morgan fingerprint density at radius 2 is 2.08 bits per heavy atom. The summed E-state index contributed by atoms with van der Waals surface area (Å²) in [7, 11) is 4.01. The molecule has 198 valence electrons. The number of amides is 1. The standard InChI is InChI=1S/C29H27FN6O3/c1-35(2)14-20-17(16-9-11-38-15-16)4-7-24(33-20)32-19-5-3-18(26-27(19)29(37)34-28(26)30)22-13-31-25-8-6-23-21(36(22)25)10-12-39-23/h3-8,10,12-13,16,28H,9,11,14-15H2,1-2H3,(H,32,33)(H,34,37)/t16-,28-/m0/s1. The third-order valence-electron chi connectivity index (χ3n) is 7.45. The molecular formula is C29H27FN6O3. The van der Waals surface area contributed by atoms with E-state index in [-0.39, 0.29) is 11.1 Å². The van der Waals surface area contributed by atoms with Crippen LogP contribution in [-0.2, 0) is 11.3 Å². The molecule has 10 heteroatoms. The van der Waals surface area contributed by atoms with Gasteiger partial charge >= 0.3 is 0 Å². The number of halogens is 1. The summed E-state index contributed by atoms with van der Waals surface area (Å²) in [5, 5.41) is 5.74. The Morgan fingerprint density at radius 1 is 1.18 bits per heavy atom. The highest BCUT2D eigenvalue weighted by Gasteiger charge is 2.35. The first kappa shape index (κ1) is 23.8. The number of carbonyl (C=O) groups is 1. The van der Waals surface area contributed by atoms with Crippen LogP contribution in [0.4, 0.5) is 15.9 Å². The van der Waals surface area contributed by atoms with Gasteiger partial charge in [-0.1, -0.05) is 12.1 Å². The number of imidazole rings is 1. The number of anilines is 2. The van der Waals surface area contributed by atoms with Crippen LogP contribution in [0.1, 0.15) is 45.8 Å². The normalized spacial score (nSPS) is 18.8. The number of rotatable bonds is 6. The average Bonchev–Trinajstić information content (AvgIpc) is 3.71. The highest BCUT2D eigenvalue weighted by molar-refractivity contribution is 6.06. The summed E-state index contributed by atoms with van der Waals surface area (Å²) in [4.78, 5) is 24.5. The molecule has 4 aromatic heterocycles. The third kappa shape index (κ3) is 3.95. The van der Waals surface area contributed by atoms with Gasteiger partial charge in [-0.05, 0) is 50.3 Å². The van der Waals surface area contributed by atoms with Crippen molar-refractivity contribution < 1.29 is 18.3 Å². The summed E-state index contributed by atoms with van der Waals surface area (Å²) >= 11 is 0. The zero-order chi connectivity index (χ0) is 26.7. The Balaban J connectivity index is 1.32. The molecule has 6 heterocycles. The molecule has 2 atom stereocenters. The van der Waals surface area contributed by atoms with Crippen molar-refractivity contribution in [1.82, 2.24) is 24.6 Å². The number of benzene rings is 1. The molecular weight excluding hydrogens is 499 g/mol. The van der Waals surface area contributed by atoms with E-state index in [1.807, 2.05) is 48.8 Å². The Morgan fingerprint density at radius 3 is 2.90 bits per heavy atom. The number of nitrogens with one attached hydrogen (secondary N) is 2. The summed E-state index contributed by atoms with van der Waals surface area (Å²) in [5.74, 6) is 0.433. The number of pyridine rings is 2.